The molecule has 1 aliphatic carbocycles. The van der Waals surface area contributed by atoms with E-state index in [2.05, 4.69) is 0 Å². The first-order chi connectivity index (χ1) is 9.47. The average molecular weight is 284 g/mol. The maximum atomic E-state index is 12.6. The largest absolute Gasteiger partial charge is 0.391 e. The number of hydrogen-bond acceptors (Lipinski definition) is 1. The van der Waals surface area contributed by atoms with Crippen molar-refractivity contribution in [1.29, 1.82) is 0 Å². The van der Waals surface area contributed by atoms with Crippen molar-refractivity contribution in [3.8, 4) is 0 Å². The first-order valence-corrected chi connectivity index (χ1v) is 7.10. The van der Waals surface area contributed by atoms with Crippen LogP contribution in [-0.4, -0.2) is 12.0 Å². The van der Waals surface area contributed by atoms with Gasteiger partial charge in [-0.1, -0.05) is 30.3 Å². The number of ketones is 1. The van der Waals surface area contributed by atoms with Crippen LogP contribution in [0, 0.1) is 11.8 Å². The second-order valence-electron chi connectivity index (χ2n) is 5.54. The summed E-state index contributed by atoms with van der Waals surface area (Å²) in [4.78, 5) is 12.0. The Labute approximate surface area is 117 Å². The molecule has 1 fully saturated rings. The maximum Gasteiger partial charge on any atom is 0.391 e. The van der Waals surface area contributed by atoms with Crippen molar-refractivity contribution in [2.45, 2.75) is 44.7 Å². The molecule has 0 saturated heterocycles. The summed E-state index contributed by atoms with van der Waals surface area (Å²) in [5.74, 6) is -1.26. The predicted octanol–water partition coefficient (Wildman–Crippen LogP) is 4.56. The van der Waals surface area contributed by atoms with Gasteiger partial charge in [0, 0.05) is 12.3 Å². The zero-order valence-electron chi connectivity index (χ0n) is 11.3. The number of benzene rings is 1. The van der Waals surface area contributed by atoms with Gasteiger partial charge in [-0.25, -0.2) is 0 Å². The SMILES string of the molecule is O=C(CCc1ccccc1)C1CCC(C(F)(F)F)CC1. The number of aryl methyl sites for hydroxylation is 1. The summed E-state index contributed by atoms with van der Waals surface area (Å²) in [7, 11) is 0. The van der Waals surface area contributed by atoms with E-state index in [-0.39, 0.29) is 24.5 Å². The van der Waals surface area contributed by atoms with Gasteiger partial charge in [-0.15, -0.1) is 0 Å². The standard InChI is InChI=1S/C16H19F3O/c17-16(18,19)14-9-7-13(8-10-14)15(20)11-6-12-4-2-1-3-5-12/h1-5,13-14H,6-11H2. The third-order valence-corrected chi connectivity index (χ3v) is 4.15. The monoisotopic (exact) mass is 284 g/mol. The van der Waals surface area contributed by atoms with E-state index in [1.54, 1.807) is 0 Å². The zero-order chi connectivity index (χ0) is 14.6. The van der Waals surface area contributed by atoms with E-state index in [0.717, 1.165) is 5.56 Å². The molecule has 110 valence electrons. The lowest BCUT2D eigenvalue weighted by Crippen LogP contribution is -2.30. The number of carbonyl (C=O) groups is 1. The molecule has 0 spiro atoms. The highest BCUT2D eigenvalue weighted by atomic mass is 19.4. The minimum Gasteiger partial charge on any atom is -0.299 e. The van der Waals surface area contributed by atoms with E-state index in [0.29, 0.717) is 25.7 Å². The number of rotatable bonds is 4. The first-order valence-electron chi connectivity index (χ1n) is 7.10. The van der Waals surface area contributed by atoms with Crippen molar-refractivity contribution >= 4 is 5.78 Å². The van der Waals surface area contributed by atoms with Crippen LogP contribution in [0.2, 0.25) is 0 Å². The number of alkyl halides is 3. The molecule has 2 rings (SSSR count). The lowest BCUT2D eigenvalue weighted by Gasteiger charge is -2.29. The Kier molecular flexibility index (Phi) is 4.84. The minimum atomic E-state index is -4.10. The molecule has 1 nitrogen and oxygen atoms in total. The second kappa shape index (κ2) is 6.42. The highest BCUT2D eigenvalue weighted by molar-refractivity contribution is 5.81. The van der Waals surface area contributed by atoms with Crippen LogP contribution >= 0.6 is 0 Å². The molecule has 0 N–H and O–H groups in total. The van der Waals surface area contributed by atoms with Gasteiger partial charge in [0.2, 0.25) is 0 Å². The Morgan fingerprint density at radius 1 is 1.05 bits per heavy atom. The number of hydrogen-bond donors (Lipinski definition) is 0. The first kappa shape index (κ1) is 15.1. The summed E-state index contributed by atoms with van der Waals surface area (Å²) >= 11 is 0. The summed E-state index contributed by atoms with van der Waals surface area (Å²) in [6, 6.07) is 9.70. The van der Waals surface area contributed by atoms with E-state index >= 15 is 0 Å². The van der Waals surface area contributed by atoms with Gasteiger partial charge >= 0.3 is 6.18 Å². The van der Waals surface area contributed by atoms with Crippen LogP contribution in [0.1, 0.15) is 37.7 Å². The van der Waals surface area contributed by atoms with Gasteiger partial charge in [0.05, 0.1) is 5.92 Å². The molecule has 20 heavy (non-hydrogen) atoms. The van der Waals surface area contributed by atoms with E-state index in [9.17, 15) is 18.0 Å². The van der Waals surface area contributed by atoms with E-state index in [1.165, 1.54) is 0 Å². The van der Waals surface area contributed by atoms with Crippen LogP contribution in [0.3, 0.4) is 0 Å². The Bertz CT molecular complexity index is 431. The summed E-state index contributed by atoms with van der Waals surface area (Å²) in [6.07, 6.45) is -2.01. The lowest BCUT2D eigenvalue weighted by molar-refractivity contribution is -0.184. The molecule has 0 bridgehead atoms. The molecule has 0 aliphatic heterocycles. The van der Waals surface area contributed by atoms with Crippen molar-refractivity contribution in [1.82, 2.24) is 0 Å². The van der Waals surface area contributed by atoms with Crippen molar-refractivity contribution in [3.05, 3.63) is 35.9 Å². The zero-order valence-corrected chi connectivity index (χ0v) is 11.3. The van der Waals surface area contributed by atoms with Crippen molar-refractivity contribution < 1.29 is 18.0 Å². The molecule has 4 heteroatoms. The smallest absolute Gasteiger partial charge is 0.299 e. The fourth-order valence-electron chi connectivity index (χ4n) is 2.86. The molecule has 0 atom stereocenters. The quantitative estimate of drug-likeness (QED) is 0.792. The van der Waals surface area contributed by atoms with Gasteiger partial charge in [-0.05, 0) is 37.7 Å². The van der Waals surface area contributed by atoms with Crippen LogP contribution in [0.25, 0.3) is 0 Å². The molecule has 0 radical (unpaired) electrons. The summed E-state index contributed by atoms with van der Waals surface area (Å²) in [5.41, 5.74) is 1.10. The molecular formula is C16H19F3O. The number of halogens is 3. The van der Waals surface area contributed by atoms with Crippen LogP contribution in [0.5, 0.6) is 0 Å². The average Bonchev–Trinajstić information content (AvgIpc) is 2.45. The topological polar surface area (TPSA) is 17.1 Å². The molecule has 0 heterocycles. The van der Waals surface area contributed by atoms with E-state index < -0.39 is 12.1 Å². The van der Waals surface area contributed by atoms with Gasteiger partial charge in [-0.3, -0.25) is 4.79 Å². The molecule has 1 saturated carbocycles. The molecule has 0 aromatic heterocycles. The molecule has 0 amide bonds. The molecular weight excluding hydrogens is 265 g/mol. The second-order valence-corrected chi connectivity index (χ2v) is 5.54. The lowest BCUT2D eigenvalue weighted by atomic mass is 9.79. The van der Waals surface area contributed by atoms with Gasteiger partial charge in [0.15, 0.2) is 0 Å². The van der Waals surface area contributed by atoms with Gasteiger partial charge in [0.1, 0.15) is 5.78 Å². The highest BCUT2D eigenvalue weighted by Gasteiger charge is 2.42. The van der Waals surface area contributed by atoms with Crippen LogP contribution in [0.4, 0.5) is 13.2 Å². The van der Waals surface area contributed by atoms with Crippen molar-refractivity contribution in [2.24, 2.45) is 11.8 Å². The van der Waals surface area contributed by atoms with Crippen LogP contribution < -0.4 is 0 Å². The Hall–Kier alpha value is -1.32. The summed E-state index contributed by atoms with van der Waals surface area (Å²) in [5, 5.41) is 0. The highest BCUT2D eigenvalue weighted by Crippen LogP contribution is 2.39. The van der Waals surface area contributed by atoms with Crippen LogP contribution in [0.15, 0.2) is 30.3 Å². The predicted molar refractivity (Wildman–Crippen MR) is 71.3 cm³/mol. The van der Waals surface area contributed by atoms with Crippen LogP contribution in [-0.2, 0) is 11.2 Å². The molecule has 1 aromatic rings. The summed E-state index contributed by atoms with van der Waals surface area (Å²) < 4.78 is 37.7. The maximum absolute atomic E-state index is 12.6. The molecule has 1 aromatic carbocycles. The molecule has 0 unspecified atom stereocenters. The number of Topliss-reactive ketones (excluding diaryl/α,β-unsaturated/α-hetero) is 1. The minimum absolute atomic E-state index is 0.102. The molecule has 1 aliphatic rings. The Morgan fingerprint density at radius 2 is 1.65 bits per heavy atom. The van der Waals surface area contributed by atoms with Crippen molar-refractivity contribution in [2.75, 3.05) is 0 Å². The fourth-order valence-corrected chi connectivity index (χ4v) is 2.86. The number of carbonyl (C=O) groups excluding carboxylic acids is 1. The van der Waals surface area contributed by atoms with E-state index in [4.69, 9.17) is 0 Å². The Balaban J connectivity index is 1.78. The van der Waals surface area contributed by atoms with Gasteiger partial charge in [-0.2, -0.15) is 13.2 Å². The third kappa shape index (κ3) is 4.09. The fraction of sp³-hybridized carbons (Fsp3) is 0.562. The van der Waals surface area contributed by atoms with Crippen molar-refractivity contribution in [3.63, 3.8) is 0 Å². The van der Waals surface area contributed by atoms with Gasteiger partial charge < -0.3 is 0 Å². The Morgan fingerprint density at radius 3 is 2.20 bits per heavy atom. The normalized spacial score (nSPS) is 23.6. The summed E-state index contributed by atoms with van der Waals surface area (Å²) in [6.45, 7) is 0. The van der Waals surface area contributed by atoms with E-state index in [1.807, 2.05) is 30.3 Å². The van der Waals surface area contributed by atoms with Gasteiger partial charge in [0.25, 0.3) is 0 Å². The third-order valence-electron chi connectivity index (χ3n) is 4.15.